The fourth-order valence-corrected chi connectivity index (χ4v) is 9.00. The molecule has 246 valence electrons. The van der Waals surface area contributed by atoms with Gasteiger partial charge in [0.15, 0.2) is 17.4 Å². The van der Waals surface area contributed by atoms with E-state index in [4.69, 9.17) is 19.2 Å². The van der Waals surface area contributed by atoms with Crippen molar-refractivity contribution >= 4 is 27.5 Å². The topological polar surface area (TPSA) is 92.2 Å². The Bertz CT molecular complexity index is 1930. The number of nitrogens with zero attached hydrogens (tertiary/aromatic N) is 4. The number of phenols is 1. The summed E-state index contributed by atoms with van der Waals surface area (Å²) >= 11 is 0. The summed E-state index contributed by atoms with van der Waals surface area (Å²) in [5.41, 5.74) is -0.0693. The summed E-state index contributed by atoms with van der Waals surface area (Å²) in [5, 5.41) is 15.7. The maximum atomic E-state index is 17.2. The van der Waals surface area contributed by atoms with E-state index >= 15 is 8.78 Å². The SMILES string of the molecule is COCc1cccc2cc(O)cc(-c3c(F)c4c5c(nc(OC[C@@]67CCCN6C[C@H](F)C7)nc5c3F)N3CC5CCC(N5)C3CO4)c12. The quantitative estimate of drug-likeness (QED) is 0.292. The Balaban J connectivity index is 1.26. The fraction of sp³-hybridized carbons (Fsp3) is 0.486. The summed E-state index contributed by atoms with van der Waals surface area (Å²) in [6.45, 7) is 2.31. The molecule has 0 saturated carbocycles. The maximum Gasteiger partial charge on any atom is 0.319 e. The van der Waals surface area contributed by atoms with E-state index in [0.717, 1.165) is 32.2 Å². The van der Waals surface area contributed by atoms with Crippen LogP contribution in [0.1, 0.15) is 37.7 Å². The zero-order valence-electron chi connectivity index (χ0n) is 26.1. The van der Waals surface area contributed by atoms with Crippen LogP contribution < -0.4 is 19.7 Å². The maximum absolute atomic E-state index is 17.2. The van der Waals surface area contributed by atoms with Gasteiger partial charge in [-0.1, -0.05) is 18.2 Å². The number of halogens is 3. The molecule has 3 unspecified atom stereocenters. The predicted octanol–water partition coefficient (Wildman–Crippen LogP) is 5.24. The first-order valence-electron chi connectivity index (χ1n) is 16.5. The van der Waals surface area contributed by atoms with Crippen molar-refractivity contribution in [3.05, 3.63) is 47.5 Å². The second kappa shape index (κ2) is 10.8. The number of alkyl halides is 1. The number of aromatic nitrogens is 2. The van der Waals surface area contributed by atoms with Crippen LogP contribution in [0.4, 0.5) is 19.0 Å². The van der Waals surface area contributed by atoms with Crippen LogP contribution in [-0.2, 0) is 11.3 Å². The lowest BCUT2D eigenvalue weighted by Crippen LogP contribution is -2.60. The molecule has 0 amide bonds. The number of ether oxygens (including phenoxy) is 3. The van der Waals surface area contributed by atoms with Crippen LogP contribution in [0.3, 0.4) is 0 Å². The van der Waals surface area contributed by atoms with E-state index in [-0.39, 0.29) is 77.5 Å². The molecule has 1 aromatic heterocycles. The molecule has 9 nitrogen and oxygen atoms in total. The first-order chi connectivity index (χ1) is 22.8. The largest absolute Gasteiger partial charge is 0.508 e. The first-order valence-corrected chi connectivity index (χ1v) is 16.5. The van der Waals surface area contributed by atoms with Gasteiger partial charge in [-0.3, -0.25) is 4.90 Å². The molecule has 2 bridgehead atoms. The summed E-state index contributed by atoms with van der Waals surface area (Å²) in [6.07, 6.45) is 3.11. The molecule has 4 saturated heterocycles. The zero-order chi connectivity index (χ0) is 32.0. The van der Waals surface area contributed by atoms with Crippen molar-refractivity contribution in [1.29, 1.82) is 0 Å². The molecule has 4 aromatic rings. The Labute approximate surface area is 269 Å². The van der Waals surface area contributed by atoms with E-state index in [9.17, 15) is 9.50 Å². The molecule has 12 heteroatoms. The van der Waals surface area contributed by atoms with E-state index in [0.29, 0.717) is 41.7 Å². The van der Waals surface area contributed by atoms with Gasteiger partial charge >= 0.3 is 6.01 Å². The van der Waals surface area contributed by atoms with Crippen molar-refractivity contribution in [3.63, 3.8) is 0 Å². The molecule has 5 atom stereocenters. The van der Waals surface area contributed by atoms with E-state index in [2.05, 4.69) is 20.1 Å². The number of anilines is 1. The van der Waals surface area contributed by atoms with Gasteiger partial charge in [0.1, 0.15) is 36.5 Å². The third-order valence-electron chi connectivity index (χ3n) is 11.0. The number of phenolic OH excluding ortho intramolecular Hbond substituents is 1. The van der Waals surface area contributed by atoms with Gasteiger partial charge in [-0.05, 0) is 66.3 Å². The highest BCUT2D eigenvalue weighted by molar-refractivity contribution is 6.05. The van der Waals surface area contributed by atoms with E-state index < -0.39 is 23.3 Å². The average molecular weight is 648 g/mol. The third-order valence-corrected chi connectivity index (χ3v) is 11.0. The van der Waals surface area contributed by atoms with Crippen LogP contribution in [0.2, 0.25) is 0 Å². The molecule has 47 heavy (non-hydrogen) atoms. The number of benzene rings is 3. The predicted molar refractivity (Wildman–Crippen MR) is 170 cm³/mol. The van der Waals surface area contributed by atoms with Crippen LogP contribution >= 0.6 is 0 Å². The molecule has 4 fully saturated rings. The van der Waals surface area contributed by atoms with Crippen molar-refractivity contribution in [2.24, 2.45) is 0 Å². The van der Waals surface area contributed by atoms with Crippen molar-refractivity contribution in [2.45, 2.75) is 68.5 Å². The minimum Gasteiger partial charge on any atom is -0.508 e. The number of fused-ring (bicyclic) bond motifs is 7. The third kappa shape index (κ3) is 4.48. The Morgan fingerprint density at radius 1 is 1.13 bits per heavy atom. The lowest BCUT2D eigenvalue weighted by Gasteiger charge is -2.40. The average Bonchev–Trinajstić information content (AvgIpc) is 3.68. The smallest absolute Gasteiger partial charge is 0.319 e. The van der Waals surface area contributed by atoms with E-state index in [1.165, 1.54) is 6.07 Å². The summed E-state index contributed by atoms with van der Waals surface area (Å²) in [5.74, 6) is -1.67. The highest BCUT2D eigenvalue weighted by atomic mass is 19.1. The number of hydrogen-bond acceptors (Lipinski definition) is 9. The molecular weight excluding hydrogens is 611 g/mol. The normalized spacial score (nSPS) is 28.0. The van der Waals surface area contributed by atoms with Gasteiger partial charge in [0.05, 0.1) is 29.1 Å². The summed E-state index contributed by atoms with van der Waals surface area (Å²) in [6, 6.07) is 8.46. The van der Waals surface area contributed by atoms with E-state index in [1.54, 1.807) is 19.2 Å². The number of methoxy groups -OCH3 is 1. The lowest BCUT2D eigenvalue weighted by atomic mass is 9.92. The van der Waals surface area contributed by atoms with Gasteiger partial charge in [-0.15, -0.1) is 0 Å². The molecule has 0 spiro atoms. The van der Waals surface area contributed by atoms with Crippen LogP contribution in [0, 0.1) is 11.6 Å². The van der Waals surface area contributed by atoms with Crippen LogP contribution in [0.5, 0.6) is 17.5 Å². The van der Waals surface area contributed by atoms with Crippen LogP contribution in [0.25, 0.3) is 32.8 Å². The van der Waals surface area contributed by atoms with Crippen LogP contribution in [0.15, 0.2) is 30.3 Å². The highest BCUT2D eigenvalue weighted by Gasteiger charge is 2.50. The number of nitrogens with one attached hydrogen (secondary N) is 1. The molecule has 2 N–H and O–H groups in total. The van der Waals surface area contributed by atoms with Gasteiger partial charge in [-0.25, -0.2) is 13.2 Å². The molecule has 5 aliphatic heterocycles. The molecule has 6 heterocycles. The van der Waals surface area contributed by atoms with Gasteiger partial charge in [0, 0.05) is 38.7 Å². The first kappa shape index (κ1) is 29.3. The van der Waals surface area contributed by atoms with Crippen LogP contribution in [-0.4, -0.2) is 89.8 Å². The molecule has 0 radical (unpaired) electrons. The van der Waals surface area contributed by atoms with Gasteiger partial charge in [-0.2, -0.15) is 9.97 Å². The summed E-state index contributed by atoms with van der Waals surface area (Å²) < 4.78 is 66.7. The molecular formula is C35H36F3N5O4. The Kier molecular flexibility index (Phi) is 6.75. The van der Waals surface area contributed by atoms with Gasteiger partial charge in [0.2, 0.25) is 0 Å². The molecule has 3 aromatic carbocycles. The Morgan fingerprint density at radius 3 is 2.89 bits per heavy atom. The van der Waals surface area contributed by atoms with Crippen molar-refractivity contribution in [3.8, 4) is 28.6 Å². The minimum absolute atomic E-state index is 0.0363. The molecule has 9 rings (SSSR count). The number of aromatic hydroxyl groups is 1. The number of rotatable bonds is 6. The van der Waals surface area contributed by atoms with Crippen molar-refractivity contribution < 1.29 is 32.5 Å². The zero-order valence-corrected chi connectivity index (χ0v) is 26.1. The van der Waals surface area contributed by atoms with Crippen molar-refractivity contribution in [1.82, 2.24) is 20.2 Å². The molecule has 0 aliphatic carbocycles. The fourth-order valence-electron chi connectivity index (χ4n) is 9.00. The second-order valence-corrected chi connectivity index (χ2v) is 13.8. The summed E-state index contributed by atoms with van der Waals surface area (Å²) in [4.78, 5) is 13.7. The van der Waals surface area contributed by atoms with E-state index in [1.807, 2.05) is 12.1 Å². The Morgan fingerprint density at radius 2 is 2.02 bits per heavy atom. The molecule has 5 aliphatic rings. The van der Waals surface area contributed by atoms with Crippen molar-refractivity contribution in [2.75, 3.05) is 44.9 Å². The standard InChI is InChI=1S/C35H36F3N5O4/c1-45-15-19-5-2-4-18-10-22(44)11-23(26(18)19)27-29(37)31-28-32(30(27)38)46-16-25-24-7-6-21(39-24)14-43(25)33(28)41-34(40-31)47-17-35-8-3-9-42(35)13-20(36)12-35/h2,4-5,10-11,20-21,24-25,39,44H,3,6-9,12-17H2,1H3/t20-,21?,24?,25?,35+/m1/s1. The second-order valence-electron chi connectivity index (χ2n) is 13.8. The van der Waals surface area contributed by atoms with Gasteiger partial charge < -0.3 is 29.5 Å². The minimum atomic E-state index is -0.930. The number of hydrogen-bond donors (Lipinski definition) is 2. The highest BCUT2D eigenvalue weighted by Crippen LogP contribution is 2.49. The Hall–Kier alpha value is -3.87. The lowest BCUT2D eigenvalue weighted by molar-refractivity contribution is 0.107. The number of piperazine rings is 1. The van der Waals surface area contributed by atoms with Gasteiger partial charge in [0.25, 0.3) is 0 Å². The summed E-state index contributed by atoms with van der Waals surface area (Å²) in [7, 11) is 1.55. The monoisotopic (exact) mass is 647 g/mol.